The third kappa shape index (κ3) is 4.65. The summed E-state index contributed by atoms with van der Waals surface area (Å²) in [6, 6.07) is 7.81. The van der Waals surface area contributed by atoms with Gasteiger partial charge in [-0.1, -0.05) is 12.1 Å². The molecule has 1 unspecified atom stereocenters. The molecule has 94 valence electrons. The number of hydrogen-bond donors (Lipinski definition) is 2. The van der Waals surface area contributed by atoms with Gasteiger partial charge in [0.1, 0.15) is 11.9 Å². The molecule has 0 saturated carbocycles. The topological polar surface area (TPSA) is 45.7 Å². The predicted molar refractivity (Wildman–Crippen MR) is 74.7 cm³/mol. The third-order valence-electron chi connectivity index (χ3n) is 2.18. The summed E-state index contributed by atoms with van der Waals surface area (Å²) in [5.74, 6) is 1.61. The van der Waals surface area contributed by atoms with Gasteiger partial charge < -0.3 is 15.4 Å². The molecule has 1 aromatic carbocycles. The van der Waals surface area contributed by atoms with Crippen molar-refractivity contribution < 1.29 is 4.74 Å². The molecule has 2 N–H and O–H groups in total. The molecule has 0 saturated heterocycles. The Bertz CT molecular complexity index is 382. The number of ether oxygens (including phenoxy) is 1. The molecule has 5 heteroatoms. The SMILES string of the molecule is CN=C(NC)NCC(C)Oc1ccccc1Br. The summed E-state index contributed by atoms with van der Waals surface area (Å²) in [6.07, 6.45) is 0.0544. The zero-order valence-electron chi connectivity index (χ0n) is 10.3. The fourth-order valence-corrected chi connectivity index (χ4v) is 1.70. The van der Waals surface area contributed by atoms with Crippen molar-refractivity contribution in [2.45, 2.75) is 13.0 Å². The minimum Gasteiger partial charge on any atom is -0.488 e. The van der Waals surface area contributed by atoms with E-state index in [1.807, 2.05) is 38.2 Å². The van der Waals surface area contributed by atoms with Crippen molar-refractivity contribution in [3.63, 3.8) is 0 Å². The molecular formula is C12H18BrN3O. The summed E-state index contributed by atoms with van der Waals surface area (Å²) in [5.41, 5.74) is 0. The Balaban J connectivity index is 2.45. The van der Waals surface area contributed by atoms with Crippen LogP contribution in [-0.4, -0.2) is 32.7 Å². The van der Waals surface area contributed by atoms with Crippen molar-refractivity contribution in [1.82, 2.24) is 10.6 Å². The van der Waals surface area contributed by atoms with Crippen LogP contribution in [0.25, 0.3) is 0 Å². The first-order valence-corrected chi connectivity index (χ1v) is 6.26. The molecule has 1 atom stereocenters. The lowest BCUT2D eigenvalue weighted by Gasteiger charge is -2.17. The van der Waals surface area contributed by atoms with Crippen molar-refractivity contribution >= 4 is 21.9 Å². The molecule has 0 aromatic heterocycles. The van der Waals surface area contributed by atoms with Gasteiger partial charge in [-0.25, -0.2) is 0 Å². The van der Waals surface area contributed by atoms with Crippen molar-refractivity contribution in [2.24, 2.45) is 4.99 Å². The van der Waals surface area contributed by atoms with Crippen LogP contribution in [0.4, 0.5) is 0 Å². The highest BCUT2D eigenvalue weighted by molar-refractivity contribution is 9.10. The number of para-hydroxylation sites is 1. The molecular weight excluding hydrogens is 282 g/mol. The molecule has 0 radical (unpaired) electrons. The average Bonchev–Trinajstić information content (AvgIpc) is 2.33. The number of aliphatic imine (C=N–C) groups is 1. The Hall–Kier alpha value is -1.23. The van der Waals surface area contributed by atoms with Crippen LogP contribution in [-0.2, 0) is 0 Å². The second-order valence-electron chi connectivity index (χ2n) is 3.56. The summed E-state index contributed by atoms with van der Waals surface area (Å²) in [6.45, 7) is 2.70. The van der Waals surface area contributed by atoms with E-state index in [4.69, 9.17) is 4.74 Å². The van der Waals surface area contributed by atoms with Gasteiger partial charge in [-0.2, -0.15) is 0 Å². The van der Waals surface area contributed by atoms with Crippen LogP contribution in [0.1, 0.15) is 6.92 Å². The quantitative estimate of drug-likeness (QED) is 0.660. The van der Waals surface area contributed by atoms with Gasteiger partial charge in [0, 0.05) is 14.1 Å². The van der Waals surface area contributed by atoms with Gasteiger partial charge >= 0.3 is 0 Å². The molecule has 0 aliphatic heterocycles. The van der Waals surface area contributed by atoms with Crippen LogP contribution in [0.2, 0.25) is 0 Å². The Morgan fingerprint density at radius 1 is 1.47 bits per heavy atom. The van der Waals surface area contributed by atoms with Crippen molar-refractivity contribution in [2.75, 3.05) is 20.6 Å². The van der Waals surface area contributed by atoms with Gasteiger partial charge in [-0.05, 0) is 35.0 Å². The van der Waals surface area contributed by atoms with E-state index in [-0.39, 0.29) is 6.10 Å². The first-order chi connectivity index (χ1) is 8.17. The van der Waals surface area contributed by atoms with Crippen molar-refractivity contribution in [1.29, 1.82) is 0 Å². The second-order valence-corrected chi connectivity index (χ2v) is 4.42. The standard InChI is InChI=1S/C12H18BrN3O/c1-9(8-16-12(14-2)15-3)17-11-7-5-4-6-10(11)13/h4-7,9H,8H2,1-3H3,(H2,14,15,16). The summed E-state index contributed by atoms with van der Waals surface area (Å²) < 4.78 is 6.76. The maximum Gasteiger partial charge on any atom is 0.190 e. The summed E-state index contributed by atoms with van der Waals surface area (Å²) in [4.78, 5) is 4.03. The Kier molecular flexibility index (Phi) is 5.83. The van der Waals surface area contributed by atoms with Crippen LogP contribution < -0.4 is 15.4 Å². The first kappa shape index (κ1) is 13.8. The average molecular weight is 300 g/mol. The van der Waals surface area contributed by atoms with Crippen LogP contribution in [0.15, 0.2) is 33.7 Å². The minimum atomic E-state index is 0.0544. The predicted octanol–water partition coefficient (Wildman–Crippen LogP) is 2.01. The zero-order chi connectivity index (χ0) is 12.7. The van der Waals surface area contributed by atoms with Gasteiger partial charge in [0.05, 0.1) is 11.0 Å². The lowest BCUT2D eigenvalue weighted by Crippen LogP contribution is -2.40. The van der Waals surface area contributed by atoms with E-state index in [1.165, 1.54) is 0 Å². The summed E-state index contributed by atoms with van der Waals surface area (Å²) in [7, 11) is 3.56. The minimum absolute atomic E-state index is 0.0544. The second kappa shape index (κ2) is 7.17. The van der Waals surface area contributed by atoms with E-state index in [9.17, 15) is 0 Å². The van der Waals surface area contributed by atoms with Crippen molar-refractivity contribution in [3.8, 4) is 5.75 Å². The Morgan fingerprint density at radius 3 is 2.76 bits per heavy atom. The Labute approximate surface area is 111 Å². The molecule has 1 aromatic rings. The van der Waals surface area contributed by atoms with Crippen LogP contribution >= 0.6 is 15.9 Å². The van der Waals surface area contributed by atoms with Crippen molar-refractivity contribution in [3.05, 3.63) is 28.7 Å². The van der Waals surface area contributed by atoms with Gasteiger partial charge in [-0.3, -0.25) is 4.99 Å². The monoisotopic (exact) mass is 299 g/mol. The molecule has 0 amide bonds. The summed E-state index contributed by atoms with van der Waals surface area (Å²) >= 11 is 3.45. The van der Waals surface area contributed by atoms with Gasteiger partial charge in [0.15, 0.2) is 5.96 Å². The van der Waals surface area contributed by atoms with E-state index in [0.29, 0.717) is 6.54 Å². The molecule has 17 heavy (non-hydrogen) atoms. The maximum absolute atomic E-state index is 5.79. The van der Waals surface area contributed by atoms with Crippen LogP contribution in [0, 0.1) is 0 Å². The van der Waals surface area contributed by atoms with E-state index < -0.39 is 0 Å². The molecule has 0 bridgehead atoms. The molecule has 1 rings (SSSR count). The van der Waals surface area contributed by atoms with Gasteiger partial charge in [0.2, 0.25) is 0 Å². The smallest absolute Gasteiger partial charge is 0.190 e. The van der Waals surface area contributed by atoms with E-state index in [1.54, 1.807) is 7.05 Å². The molecule has 4 nitrogen and oxygen atoms in total. The number of rotatable bonds is 4. The number of halogens is 1. The third-order valence-corrected chi connectivity index (χ3v) is 2.84. The van der Waals surface area contributed by atoms with E-state index in [0.717, 1.165) is 16.2 Å². The molecule has 0 spiro atoms. The number of hydrogen-bond acceptors (Lipinski definition) is 2. The molecule has 0 aliphatic rings. The lowest BCUT2D eigenvalue weighted by molar-refractivity contribution is 0.222. The molecule has 0 heterocycles. The fourth-order valence-electron chi connectivity index (χ4n) is 1.32. The molecule has 0 aliphatic carbocycles. The van der Waals surface area contributed by atoms with E-state index in [2.05, 4.69) is 31.6 Å². The normalized spacial score (nSPS) is 13.1. The van der Waals surface area contributed by atoms with E-state index >= 15 is 0 Å². The highest BCUT2D eigenvalue weighted by Crippen LogP contribution is 2.24. The zero-order valence-corrected chi connectivity index (χ0v) is 11.9. The first-order valence-electron chi connectivity index (χ1n) is 5.47. The number of benzene rings is 1. The Morgan fingerprint density at radius 2 is 2.18 bits per heavy atom. The van der Waals surface area contributed by atoms with Gasteiger partial charge in [0.25, 0.3) is 0 Å². The van der Waals surface area contributed by atoms with Gasteiger partial charge in [-0.15, -0.1) is 0 Å². The van der Waals surface area contributed by atoms with Crippen LogP contribution in [0.3, 0.4) is 0 Å². The highest BCUT2D eigenvalue weighted by atomic mass is 79.9. The number of guanidine groups is 1. The summed E-state index contributed by atoms with van der Waals surface area (Å²) in [5, 5.41) is 6.11. The lowest BCUT2D eigenvalue weighted by atomic mass is 10.3. The maximum atomic E-state index is 5.79. The number of nitrogens with zero attached hydrogens (tertiary/aromatic N) is 1. The largest absolute Gasteiger partial charge is 0.488 e. The highest BCUT2D eigenvalue weighted by Gasteiger charge is 2.06. The fraction of sp³-hybridized carbons (Fsp3) is 0.417. The van der Waals surface area contributed by atoms with Crippen LogP contribution in [0.5, 0.6) is 5.75 Å². The number of nitrogens with one attached hydrogen (secondary N) is 2. The molecule has 0 fully saturated rings.